The van der Waals surface area contributed by atoms with E-state index in [2.05, 4.69) is 10.6 Å². The first-order valence-corrected chi connectivity index (χ1v) is 8.44. The van der Waals surface area contributed by atoms with Crippen molar-refractivity contribution in [3.05, 3.63) is 29.3 Å². The number of hydrogen-bond donors (Lipinski definition) is 3. The van der Waals surface area contributed by atoms with Crippen LogP contribution in [-0.2, 0) is 9.59 Å². The standard InChI is InChI=1S/C18H25N3O4/c1-11-6-7-15(12(2)9-11)19-18(25)20-16(22)13(3)21-8-4-5-14(10-21)17(23)24/h6-7,9,13-14H,4-5,8,10H2,1-3H3,(H,23,24)(H2,19,20,22,25). The Kier molecular flexibility index (Phi) is 6.14. The number of carbonyl (C=O) groups is 3. The van der Waals surface area contributed by atoms with Gasteiger partial charge in [-0.25, -0.2) is 4.79 Å². The molecule has 1 heterocycles. The molecule has 0 saturated carbocycles. The zero-order chi connectivity index (χ0) is 18.6. The van der Waals surface area contributed by atoms with Crippen LogP contribution in [0.15, 0.2) is 18.2 Å². The molecule has 3 amide bonds. The van der Waals surface area contributed by atoms with E-state index in [1.165, 1.54) is 0 Å². The maximum absolute atomic E-state index is 12.3. The molecule has 136 valence electrons. The lowest BCUT2D eigenvalue weighted by Crippen LogP contribution is -2.51. The highest BCUT2D eigenvalue weighted by Crippen LogP contribution is 2.19. The van der Waals surface area contributed by atoms with Crippen LogP contribution in [0.1, 0.15) is 30.9 Å². The summed E-state index contributed by atoms with van der Waals surface area (Å²) in [5, 5.41) is 14.1. The van der Waals surface area contributed by atoms with Gasteiger partial charge < -0.3 is 10.4 Å². The fourth-order valence-corrected chi connectivity index (χ4v) is 3.05. The molecule has 1 fully saturated rings. The molecule has 7 nitrogen and oxygen atoms in total. The van der Waals surface area contributed by atoms with Crippen LogP contribution in [0.3, 0.4) is 0 Å². The van der Waals surface area contributed by atoms with Crippen molar-refractivity contribution in [1.82, 2.24) is 10.2 Å². The number of piperidine rings is 1. The number of anilines is 1. The highest BCUT2D eigenvalue weighted by molar-refractivity contribution is 6.03. The third-order valence-electron chi connectivity index (χ3n) is 4.60. The summed E-state index contributed by atoms with van der Waals surface area (Å²) in [7, 11) is 0. The van der Waals surface area contributed by atoms with E-state index >= 15 is 0 Å². The van der Waals surface area contributed by atoms with Gasteiger partial charge in [0.1, 0.15) is 0 Å². The summed E-state index contributed by atoms with van der Waals surface area (Å²) >= 11 is 0. The Balaban J connectivity index is 1.91. The van der Waals surface area contributed by atoms with Gasteiger partial charge in [-0.1, -0.05) is 17.7 Å². The molecule has 3 N–H and O–H groups in total. The molecular weight excluding hydrogens is 322 g/mol. The number of nitrogens with one attached hydrogen (secondary N) is 2. The highest BCUT2D eigenvalue weighted by Gasteiger charge is 2.31. The Bertz CT molecular complexity index is 674. The number of carbonyl (C=O) groups excluding carboxylic acids is 2. The molecule has 1 aliphatic heterocycles. The van der Waals surface area contributed by atoms with Crippen LogP contribution in [0.5, 0.6) is 0 Å². The van der Waals surface area contributed by atoms with Crippen LogP contribution in [-0.4, -0.2) is 47.0 Å². The van der Waals surface area contributed by atoms with Crippen molar-refractivity contribution in [3.63, 3.8) is 0 Å². The topological polar surface area (TPSA) is 98.7 Å². The maximum atomic E-state index is 12.3. The van der Waals surface area contributed by atoms with E-state index in [9.17, 15) is 14.4 Å². The number of nitrogens with zero attached hydrogens (tertiary/aromatic N) is 1. The van der Waals surface area contributed by atoms with Crippen molar-refractivity contribution < 1.29 is 19.5 Å². The van der Waals surface area contributed by atoms with Gasteiger partial charge in [-0.3, -0.25) is 19.8 Å². The third-order valence-corrected chi connectivity index (χ3v) is 4.60. The lowest BCUT2D eigenvalue weighted by Gasteiger charge is -2.34. The zero-order valence-corrected chi connectivity index (χ0v) is 14.8. The van der Waals surface area contributed by atoms with Crippen LogP contribution in [0.4, 0.5) is 10.5 Å². The summed E-state index contributed by atoms with van der Waals surface area (Å²) in [5.41, 5.74) is 2.65. The van der Waals surface area contributed by atoms with Crippen LogP contribution >= 0.6 is 0 Å². The molecule has 25 heavy (non-hydrogen) atoms. The van der Waals surface area contributed by atoms with Crippen LogP contribution < -0.4 is 10.6 Å². The van der Waals surface area contributed by atoms with Gasteiger partial charge in [0.25, 0.3) is 0 Å². The van der Waals surface area contributed by atoms with E-state index < -0.39 is 29.9 Å². The summed E-state index contributed by atoms with van der Waals surface area (Å²) in [6, 6.07) is 4.47. The van der Waals surface area contributed by atoms with Gasteiger partial charge in [0.2, 0.25) is 5.91 Å². The lowest BCUT2D eigenvalue weighted by atomic mass is 9.97. The van der Waals surface area contributed by atoms with Crippen molar-refractivity contribution in [1.29, 1.82) is 0 Å². The molecule has 2 atom stereocenters. The maximum Gasteiger partial charge on any atom is 0.325 e. The molecule has 1 aliphatic rings. The molecule has 0 bridgehead atoms. The van der Waals surface area contributed by atoms with Crippen molar-refractivity contribution >= 4 is 23.6 Å². The number of benzene rings is 1. The van der Waals surface area contributed by atoms with Gasteiger partial charge >= 0.3 is 12.0 Å². The molecule has 1 saturated heterocycles. The quantitative estimate of drug-likeness (QED) is 0.775. The molecule has 2 rings (SSSR count). The Morgan fingerprint density at radius 2 is 2.00 bits per heavy atom. The summed E-state index contributed by atoms with van der Waals surface area (Å²) in [4.78, 5) is 37.3. The molecule has 1 aromatic rings. The number of urea groups is 1. The first-order valence-electron chi connectivity index (χ1n) is 8.44. The fraction of sp³-hybridized carbons (Fsp3) is 0.500. The van der Waals surface area contributed by atoms with Gasteiger partial charge in [0, 0.05) is 12.2 Å². The third kappa shape index (κ3) is 5.03. The second-order valence-corrected chi connectivity index (χ2v) is 6.61. The number of rotatable bonds is 4. The second kappa shape index (κ2) is 8.11. The predicted molar refractivity (Wildman–Crippen MR) is 94.5 cm³/mol. The Morgan fingerprint density at radius 3 is 2.64 bits per heavy atom. The first-order chi connectivity index (χ1) is 11.8. The number of carboxylic acid groups (broad SMARTS) is 1. The molecular formula is C18H25N3O4. The summed E-state index contributed by atoms with van der Waals surface area (Å²) in [6.07, 6.45) is 1.34. The molecule has 1 aromatic carbocycles. The number of imide groups is 1. The number of hydrogen-bond acceptors (Lipinski definition) is 4. The van der Waals surface area contributed by atoms with Gasteiger partial charge in [0.05, 0.1) is 12.0 Å². The van der Waals surface area contributed by atoms with Crippen LogP contribution in [0, 0.1) is 19.8 Å². The highest BCUT2D eigenvalue weighted by atomic mass is 16.4. The van der Waals surface area contributed by atoms with E-state index in [0.717, 1.165) is 17.5 Å². The number of likely N-dealkylation sites (tertiary alicyclic amines) is 1. The average Bonchev–Trinajstić information content (AvgIpc) is 2.56. The number of amides is 3. The van der Waals surface area contributed by atoms with Crippen LogP contribution in [0.25, 0.3) is 0 Å². The number of aryl methyl sites for hydroxylation is 2. The molecule has 0 radical (unpaired) electrons. The Morgan fingerprint density at radius 1 is 1.28 bits per heavy atom. The Hall–Kier alpha value is -2.41. The van der Waals surface area contributed by atoms with Crippen molar-refractivity contribution in [2.75, 3.05) is 18.4 Å². The van der Waals surface area contributed by atoms with E-state index in [4.69, 9.17) is 5.11 Å². The summed E-state index contributed by atoms with van der Waals surface area (Å²) < 4.78 is 0. The monoisotopic (exact) mass is 347 g/mol. The zero-order valence-electron chi connectivity index (χ0n) is 14.8. The lowest BCUT2D eigenvalue weighted by molar-refractivity contribution is -0.144. The molecule has 0 aliphatic carbocycles. The number of carboxylic acids is 1. The minimum absolute atomic E-state index is 0.322. The molecule has 0 spiro atoms. The summed E-state index contributed by atoms with van der Waals surface area (Å²) in [5.74, 6) is -1.74. The van der Waals surface area contributed by atoms with Crippen LogP contribution in [0.2, 0.25) is 0 Å². The Labute approximate surface area is 147 Å². The minimum atomic E-state index is -0.843. The van der Waals surface area contributed by atoms with E-state index in [1.807, 2.05) is 30.9 Å². The van der Waals surface area contributed by atoms with E-state index in [0.29, 0.717) is 25.2 Å². The SMILES string of the molecule is Cc1ccc(NC(=O)NC(=O)C(C)N2CCCC(C(=O)O)C2)c(C)c1. The van der Waals surface area contributed by atoms with Crippen molar-refractivity contribution in [3.8, 4) is 0 Å². The minimum Gasteiger partial charge on any atom is -0.481 e. The molecule has 0 aromatic heterocycles. The summed E-state index contributed by atoms with van der Waals surface area (Å²) in [6.45, 7) is 6.50. The largest absolute Gasteiger partial charge is 0.481 e. The van der Waals surface area contributed by atoms with E-state index in [1.54, 1.807) is 13.0 Å². The van der Waals surface area contributed by atoms with Gasteiger partial charge in [-0.05, 0) is 51.8 Å². The average molecular weight is 347 g/mol. The smallest absolute Gasteiger partial charge is 0.325 e. The van der Waals surface area contributed by atoms with Gasteiger partial charge in [-0.2, -0.15) is 0 Å². The van der Waals surface area contributed by atoms with E-state index in [-0.39, 0.29) is 0 Å². The van der Waals surface area contributed by atoms with Gasteiger partial charge in [0.15, 0.2) is 0 Å². The molecule has 7 heteroatoms. The number of aliphatic carboxylic acids is 1. The second-order valence-electron chi connectivity index (χ2n) is 6.61. The first kappa shape index (κ1) is 18.9. The van der Waals surface area contributed by atoms with Crippen molar-refractivity contribution in [2.45, 2.75) is 39.7 Å². The fourth-order valence-electron chi connectivity index (χ4n) is 3.05. The van der Waals surface area contributed by atoms with Gasteiger partial charge in [-0.15, -0.1) is 0 Å². The predicted octanol–water partition coefficient (Wildman–Crippen LogP) is 2.14. The molecule has 2 unspecified atom stereocenters. The normalized spacial score (nSPS) is 19.1. The van der Waals surface area contributed by atoms with Crippen molar-refractivity contribution in [2.24, 2.45) is 5.92 Å².